The molecule has 3 aromatic rings. The SMILES string of the molecule is CCOc1ccc(Nc2nc(Cl)nc(Nc3ccc(OC)c(Cl)c3)n2)cc1Cl. The van der Waals surface area contributed by atoms with Gasteiger partial charge in [-0.2, -0.15) is 15.0 Å². The summed E-state index contributed by atoms with van der Waals surface area (Å²) in [7, 11) is 1.55. The van der Waals surface area contributed by atoms with Crippen molar-refractivity contribution < 1.29 is 9.47 Å². The summed E-state index contributed by atoms with van der Waals surface area (Å²) in [5, 5.41) is 7.01. The first-order valence-electron chi connectivity index (χ1n) is 8.20. The van der Waals surface area contributed by atoms with Gasteiger partial charge < -0.3 is 20.1 Å². The van der Waals surface area contributed by atoms with Crippen LogP contribution in [0.15, 0.2) is 36.4 Å². The molecule has 0 aliphatic rings. The second-order valence-corrected chi connectivity index (χ2v) is 6.58. The minimum Gasteiger partial charge on any atom is -0.495 e. The van der Waals surface area contributed by atoms with Crippen molar-refractivity contribution in [2.75, 3.05) is 24.4 Å². The molecule has 28 heavy (non-hydrogen) atoms. The average Bonchev–Trinajstić information content (AvgIpc) is 2.64. The van der Waals surface area contributed by atoms with Crippen LogP contribution in [0.1, 0.15) is 6.92 Å². The van der Waals surface area contributed by atoms with Crippen molar-refractivity contribution in [1.29, 1.82) is 0 Å². The van der Waals surface area contributed by atoms with Gasteiger partial charge in [-0.15, -0.1) is 0 Å². The Kier molecular flexibility index (Phi) is 6.61. The summed E-state index contributed by atoms with van der Waals surface area (Å²) in [5.41, 5.74) is 1.34. The molecule has 0 atom stereocenters. The van der Waals surface area contributed by atoms with Crippen LogP contribution in [0.3, 0.4) is 0 Å². The van der Waals surface area contributed by atoms with Crippen LogP contribution < -0.4 is 20.1 Å². The van der Waals surface area contributed by atoms with Crippen LogP contribution in [0.2, 0.25) is 15.3 Å². The van der Waals surface area contributed by atoms with Crippen LogP contribution in [-0.4, -0.2) is 28.7 Å². The number of ether oxygens (including phenoxy) is 2. The molecule has 146 valence electrons. The highest BCUT2D eigenvalue weighted by Gasteiger charge is 2.09. The molecule has 0 amide bonds. The maximum absolute atomic E-state index is 6.20. The van der Waals surface area contributed by atoms with Gasteiger partial charge in [0, 0.05) is 11.4 Å². The van der Waals surface area contributed by atoms with Gasteiger partial charge in [-0.1, -0.05) is 23.2 Å². The van der Waals surface area contributed by atoms with Crippen LogP contribution in [0.4, 0.5) is 23.3 Å². The Labute approximate surface area is 177 Å². The van der Waals surface area contributed by atoms with E-state index in [1.54, 1.807) is 43.5 Å². The fourth-order valence-corrected chi connectivity index (χ4v) is 2.97. The second-order valence-electron chi connectivity index (χ2n) is 5.43. The average molecular weight is 441 g/mol. The zero-order chi connectivity index (χ0) is 20.1. The number of benzene rings is 2. The van der Waals surface area contributed by atoms with Gasteiger partial charge >= 0.3 is 0 Å². The largest absolute Gasteiger partial charge is 0.495 e. The summed E-state index contributed by atoms with van der Waals surface area (Å²) in [6.07, 6.45) is 0. The fourth-order valence-electron chi connectivity index (χ4n) is 2.32. The summed E-state index contributed by atoms with van der Waals surface area (Å²) in [5.74, 6) is 1.67. The van der Waals surface area contributed by atoms with Crippen molar-refractivity contribution in [3.05, 3.63) is 51.7 Å². The maximum atomic E-state index is 6.20. The molecule has 0 saturated carbocycles. The second kappa shape index (κ2) is 9.14. The van der Waals surface area contributed by atoms with Gasteiger partial charge in [0.1, 0.15) is 11.5 Å². The Morgan fingerprint density at radius 2 is 1.36 bits per heavy atom. The van der Waals surface area contributed by atoms with E-state index in [4.69, 9.17) is 44.3 Å². The lowest BCUT2D eigenvalue weighted by atomic mass is 10.3. The first-order valence-corrected chi connectivity index (χ1v) is 9.33. The summed E-state index contributed by atoms with van der Waals surface area (Å²) in [6, 6.07) is 10.5. The molecule has 1 heterocycles. The Hall–Kier alpha value is -2.48. The van der Waals surface area contributed by atoms with E-state index < -0.39 is 0 Å². The standard InChI is InChI=1S/C18H16Cl3N5O2/c1-3-28-15-7-5-11(9-13(15)20)23-18-25-16(21)24-17(26-18)22-10-4-6-14(27-2)12(19)8-10/h4-9H,3H2,1-2H3,(H2,22,23,24,25,26). The first kappa shape index (κ1) is 20.3. The molecule has 0 aliphatic carbocycles. The Bertz CT molecular complexity index is 987. The molecule has 2 aromatic carbocycles. The number of methoxy groups -OCH3 is 1. The van der Waals surface area contributed by atoms with E-state index in [1.165, 1.54) is 0 Å². The summed E-state index contributed by atoms with van der Waals surface area (Å²) >= 11 is 18.4. The highest BCUT2D eigenvalue weighted by molar-refractivity contribution is 6.32. The zero-order valence-corrected chi connectivity index (χ0v) is 17.2. The lowest BCUT2D eigenvalue weighted by molar-refractivity contribution is 0.340. The molecule has 0 aliphatic heterocycles. The Morgan fingerprint density at radius 1 is 0.821 bits per heavy atom. The highest BCUT2D eigenvalue weighted by Crippen LogP contribution is 2.30. The lowest BCUT2D eigenvalue weighted by Gasteiger charge is -2.11. The fraction of sp³-hybridized carbons (Fsp3) is 0.167. The number of nitrogens with zero attached hydrogens (tertiary/aromatic N) is 3. The Balaban J connectivity index is 1.79. The number of hydrogen-bond acceptors (Lipinski definition) is 7. The molecular formula is C18H16Cl3N5O2. The molecule has 0 unspecified atom stereocenters. The first-order chi connectivity index (χ1) is 13.5. The van der Waals surface area contributed by atoms with Crippen molar-refractivity contribution in [3.63, 3.8) is 0 Å². The van der Waals surface area contributed by atoms with Gasteiger partial charge in [0.25, 0.3) is 0 Å². The van der Waals surface area contributed by atoms with E-state index in [0.29, 0.717) is 39.5 Å². The summed E-state index contributed by atoms with van der Waals surface area (Å²) in [4.78, 5) is 12.5. The van der Waals surface area contributed by atoms with Gasteiger partial charge in [-0.25, -0.2) is 0 Å². The Morgan fingerprint density at radius 3 is 1.82 bits per heavy atom. The molecule has 3 rings (SSSR count). The van der Waals surface area contributed by atoms with Crippen molar-refractivity contribution in [2.45, 2.75) is 6.92 Å². The molecule has 1 aromatic heterocycles. The number of nitrogens with one attached hydrogen (secondary N) is 2. The van der Waals surface area contributed by atoms with Crippen molar-refractivity contribution in [1.82, 2.24) is 15.0 Å². The van der Waals surface area contributed by atoms with E-state index in [0.717, 1.165) is 0 Å². The van der Waals surface area contributed by atoms with E-state index in [1.807, 2.05) is 6.92 Å². The molecule has 0 spiro atoms. The van der Waals surface area contributed by atoms with Gasteiger partial charge in [0.15, 0.2) is 0 Å². The van der Waals surface area contributed by atoms with Crippen molar-refractivity contribution >= 4 is 58.1 Å². The normalized spacial score (nSPS) is 10.5. The number of anilines is 4. The summed E-state index contributed by atoms with van der Waals surface area (Å²) in [6.45, 7) is 2.42. The molecule has 0 saturated heterocycles. The predicted octanol–water partition coefficient (Wildman–Crippen LogP) is 5.73. The smallest absolute Gasteiger partial charge is 0.233 e. The van der Waals surface area contributed by atoms with E-state index in [-0.39, 0.29) is 17.2 Å². The monoisotopic (exact) mass is 439 g/mol. The summed E-state index contributed by atoms with van der Waals surface area (Å²) < 4.78 is 10.6. The third-order valence-corrected chi connectivity index (χ3v) is 4.26. The molecule has 0 fully saturated rings. The third kappa shape index (κ3) is 5.07. The van der Waals surface area contributed by atoms with Crippen LogP contribution in [0.5, 0.6) is 11.5 Å². The van der Waals surface area contributed by atoms with E-state index in [9.17, 15) is 0 Å². The maximum Gasteiger partial charge on any atom is 0.233 e. The quantitative estimate of drug-likeness (QED) is 0.486. The van der Waals surface area contributed by atoms with Gasteiger partial charge in [-0.05, 0) is 54.9 Å². The van der Waals surface area contributed by atoms with Crippen LogP contribution >= 0.6 is 34.8 Å². The van der Waals surface area contributed by atoms with Crippen LogP contribution in [0, 0.1) is 0 Å². The van der Waals surface area contributed by atoms with Gasteiger partial charge in [-0.3, -0.25) is 0 Å². The molecule has 0 radical (unpaired) electrons. The topological polar surface area (TPSA) is 81.2 Å². The van der Waals surface area contributed by atoms with Crippen molar-refractivity contribution in [3.8, 4) is 11.5 Å². The van der Waals surface area contributed by atoms with Crippen LogP contribution in [-0.2, 0) is 0 Å². The lowest BCUT2D eigenvalue weighted by Crippen LogP contribution is -2.04. The predicted molar refractivity (Wildman–Crippen MR) is 112 cm³/mol. The van der Waals surface area contributed by atoms with Crippen LogP contribution in [0.25, 0.3) is 0 Å². The molecule has 2 N–H and O–H groups in total. The molecule has 10 heteroatoms. The van der Waals surface area contributed by atoms with E-state index in [2.05, 4.69) is 25.6 Å². The molecule has 0 bridgehead atoms. The van der Waals surface area contributed by atoms with Crippen molar-refractivity contribution in [2.24, 2.45) is 0 Å². The third-order valence-electron chi connectivity index (χ3n) is 3.50. The number of rotatable bonds is 7. The highest BCUT2D eigenvalue weighted by atomic mass is 35.5. The van der Waals surface area contributed by atoms with Gasteiger partial charge in [0.2, 0.25) is 17.2 Å². The van der Waals surface area contributed by atoms with Gasteiger partial charge in [0.05, 0.1) is 23.8 Å². The zero-order valence-electron chi connectivity index (χ0n) is 15.0. The van der Waals surface area contributed by atoms with E-state index >= 15 is 0 Å². The minimum absolute atomic E-state index is 0.0247. The number of aromatic nitrogens is 3. The molecular weight excluding hydrogens is 425 g/mol. The molecule has 7 nitrogen and oxygen atoms in total. The number of halogens is 3. The minimum atomic E-state index is 0.0247. The number of hydrogen-bond donors (Lipinski definition) is 2.